The predicted octanol–water partition coefficient (Wildman–Crippen LogP) is 6.84. The Balaban J connectivity index is 1.60. The van der Waals surface area contributed by atoms with Crippen LogP contribution < -0.4 is 0 Å². The van der Waals surface area contributed by atoms with Gasteiger partial charge in [0.2, 0.25) is 0 Å². The van der Waals surface area contributed by atoms with Gasteiger partial charge in [0.05, 0.1) is 35.7 Å². The van der Waals surface area contributed by atoms with Crippen molar-refractivity contribution in [1.82, 2.24) is 0 Å². The first-order chi connectivity index (χ1) is 15.9. The Morgan fingerprint density at radius 1 is 0.765 bits per heavy atom. The molecule has 2 N–H and O–H groups in total. The summed E-state index contributed by atoms with van der Waals surface area (Å²) in [5, 5.41) is 18.9. The van der Waals surface area contributed by atoms with E-state index in [4.69, 9.17) is 9.47 Å². The molecular weight excluding hydrogens is 432 g/mol. The molecule has 2 fully saturated rings. The van der Waals surface area contributed by atoms with Crippen molar-refractivity contribution in [3.63, 3.8) is 0 Å². The van der Waals surface area contributed by atoms with E-state index in [9.17, 15) is 19.8 Å². The fraction of sp³-hybridized carbons (Fsp3) is 0.929. The molecule has 6 nitrogen and oxygen atoms in total. The molecule has 2 rings (SSSR count). The van der Waals surface area contributed by atoms with Gasteiger partial charge in [0.25, 0.3) is 0 Å². The van der Waals surface area contributed by atoms with Crippen molar-refractivity contribution in [1.29, 1.82) is 0 Å². The molecule has 2 heterocycles. The van der Waals surface area contributed by atoms with Gasteiger partial charge in [0, 0.05) is 0 Å². The number of hydrogen-bond donors (Lipinski definition) is 2. The molecule has 6 heteroatoms. The highest BCUT2D eigenvalue weighted by molar-refractivity contribution is 5.73. The highest BCUT2D eigenvalue weighted by Crippen LogP contribution is 2.34. The molecule has 0 radical (unpaired) electrons. The second-order valence-corrected chi connectivity index (χ2v) is 12.6. The third-order valence-corrected chi connectivity index (χ3v) is 7.75. The maximum Gasteiger partial charge on any atom is 0.309 e. The van der Waals surface area contributed by atoms with Gasteiger partial charge in [-0.05, 0) is 89.9 Å². The largest absolute Gasteiger partial charge is 0.481 e. The molecule has 2 aliphatic heterocycles. The fourth-order valence-corrected chi connectivity index (χ4v) is 5.39. The normalized spacial score (nSPS) is 26.6. The first-order valence-electron chi connectivity index (χ1n) is 13.6. The maximum atomic E-state index is 11.8. The smallest absolute Gasteiger partial charge is 0.309 e. The zero-order valence-electron chi connectivity index (χ0n) is 22.3. The zero-order chi connectivity index (χ0) is 25.4. The molecule has 0 aromatic carbocycles. The summed E-state index contributed by atoms with van der Waals surface area (Å²) in [6.07, 6.45) is 14.2. The van der Waals surface area contributed by atoms with E-state index in [1.807, 2.05) is 0 Å². The number of aliphatic carboxylic acids is 2. The van der Waals surface area contributed by atoms with Gasteiger partial charge >= 0.3 is 11.9 Å². The first kappa shape index (κ1) is 29.1. The number of rotatable bonds is 15. The van der Waals surface area contributed by atoms with E-state index in [0.29, 0.717) is 25.0 Å². The molecule has 198 valence electrons. The van der Waals surface area contributed by atoms with Gasteiger partial charge < -0.3 is 19.7 Å². The summed E-state index contributed by atoms with van der Waals surface area (Å²) < 4.78 is 12.4. The van der Waals surface area contributed by atoms with Crippen LogP contribution in [0.1, 0.15) is 125 Å². The van der Waals surface area contributed by atoms with Crippen LogP contribution in [0.5, 0.6) is 0 Å². The van der Waals surface area contributed by atoms with E-state index in [1.54, 1.807) is 13.8 Å². The van der Waals surface area contributed by atoms with Gasteiger partial charge in [0.15, 0.2) is 0 Å². The van der Waals surface area contributed by atoms with Gasteiger partial charge in [-0.25, -0.2) is 0 Å². The van der Waals surface area contributed by atoms with E-state index in [-0.39, 0.29) is 23.5 Å². The van der Waals surface area contributed by atoms with Gasteiger partial charge in [0.1, 0.15) is 0 Å². The minimum absolute atomic E-state index is 0.138. The average molecular weight is 483 g/mol. The average Bonchev–Trinajstić information content (AvgIpc) is 3.37. The quantitative estimate of drug-likeness (QED) is 0.248. The van der Waals surface area contributed by atoms with Crippen LogP contribution >= 0.6 is 0 Å². The van der Waals surface area contributed by atoms with Gasteiger partial charge in [-0.1, -0.05) is 40.0 Å². The number of carboxylic acids is 2. The molecule has 2 aliphatic rings. The highest BCUT2D eigenvalue weighted by Gasteiger charge is 2.36. The van der Waals surface area contributed by atoms with Gasteiger partial charge in [-0.3, -0.25) is 9.59 Å². The zero-order valence-corrected chi connectivity index (χ0v) is 22.3. The van der Waals surface area contributed by atoms with Crippen LogP contribution in [-0.4, -0.2) is 46.6 Å². The van der Waals surface area contributed by atoms with Gasteiger partial charge in [-0.15, -0.1) is 0 Å². The Labute approximate surface area is 207 Å². The van der Waals surface area contributed by atoms with Crippen LogP contribution in [0.4, 0.5) is 0 Å². The molecule has 34 heavy (non-hydrogen) atoms. The fourth-order valence-electron chi connectivity index (χ4n) is 5.39. The summed E-state index contributed by atoms with van der Waals surface area (Å²) >= 11 is 0. The van der Waals surface area contributed by atoms with E-state index in [1.165, 1.54) is 0 Å². The summed E-state index contributed by atoms with van der Waals surface area (Å²) in [6, 6.07) is 0. The highest BCUT2D eigenvalue weighted by atomic mass is 16.5. The number of carboxylic acid groups (broad SMARTS) is 2. The first-order valence-corrected chi connectivity index (χ1v) is 13.6. The van der Waals surface area contributed by atoms with Crippen molar-refractivity contribution in [2.45, 2.75) is 149 Å². The number of carbonyl (C=O) groups is 2. The van der Waals surface area contributed by atoms with Gasteiger partial charge in [-0.2, -0.15) is 0 Å². The van der Waals surface area contributed by atoms with Crippen molar-refractivity contribution >= 4 is 11.9 Å². The SMILES string of the molecule is CC(C)(C)CCCC(C(=O)O)C1CCC(CCCC2CCC(CCCCC(C)(C)C(=O)O)O2)O1. The molecule has 0 amide bonds. The lowest BCUT2D eigenvalue weighted by atomic mass is 9.86. The Morgan fingerprint density at radius 3 is 1.88 bits per heavy atom. The third-order valence-electron chi connectivity index (χ3n) is 7.75. The Kier molecular flexibility index (Phi) is 11.3. The summed E-state index contributed by atoms with van der Waals surface area (Å²) in [5.41, 5.74) is -0.405. The van der Waals surface area contributed by atoms with Crippen LogP contribution in [-0.2, 0) is 19.1 Å². The molecule has 0 aromatic heterocycles. The Bertz CT molecular complexity index is 637. The minimum Gasteiger partial charge on any atom is -0.481 e. The van der Waals surface area contributed by atoms with Crippen LogP contribution in [0, 0.1) is 16.7 Å². The van der Waals surface area contributed by atoms with Crippen LogP contribution in [0.2, 0.25) is 0 Å². The summed E-state index contributed by atoms with van der Waals surface area (Å²) in [5.74, 6) is -1.81. The molecule has 5 atom stereocenters. The lowest BCUT2D eigenvalue weighted by molar-refractivity contribution is -0.148. The minimum atomic E-state index is -0.721. The third kappa shape index (κ3) is 10.2. The molecule has 5 unspecified atom stereocenters. The standard InChI is InChI=1S/C28H50O6/c1-27(2,3)18-9-13-23(25(29)30)24-17-16-22(34-24)12-8-11-21-15-14-20(33-21)10-6-7-19-28(4,5)26(31)32/h20-24H,6-19H2,1-5H3,(H,29,30)(H,31,32). The lowest BCUT2D eigenvalue weighted by Gasteiger charge is -2.23. The lowest BCUT2D eigenvalue weighted by Crippen LogP contribution is -2.29. The van der Waals surface area contributed by atoms with E-state index >= 15 is 0 Å². The number of ether oxygens (including phenoxy) is 2. The second-order valence-electron chi connectivity index (χ2n) is 12.6. The molecule has 0 aromatic rings. The molecule has 0 aliphatic carbocycles. The van der Waals surface area contributed by atoms with Crippen molar-refractivity contribution in [3.8, 4) is 0 Å². The summed E-state index contributed by atoms with van der Waals surface area (Å²) in [4.78, 5) is 23.0. The van der Waals surface area contributed by atoms with E-state index in [2.05, 4.69) is 20.8 Å². The molecular formula is C28H50O6. The van der Waals surface area contributed by atoms with Crippen molar-refractivity contribution in [3.05, 3.63) is 0 Å². The van der Waals surface area contributed by atoms with E-state index in [0.717, 1.165) is 77.0 Å². The molecule has 0 saturated carbocycles. The predicted molar refractivity (Wildman–Crippen MR) is 134 cm³/mol. The number of unbranched alkanes of at least 4 members (excludes halogenated alkanes) is 1. The molecule has 0 spiro atoms. The van der Waals surface area contributed by atoms with Crippen molar-refractivity contribution in [2.75, 3.05) is 0 Å². The van der Waals surface area contributed by atoms with Crippen LogP contribution in [0.15, 0.2) is 0 Å². The van der Waals surface area contributed by atoms with E-state index < -0.39 is 17.4 Å². The molecule has 2 saturated heterocycles. The second kappa shape index (κ2) is 13.2. The van der Waals surface area contributed by atoms with Crippen molar-refractivity contribution in [2.24, 2.45) is 16.7 Å². The summed E-state index contributed by atoms with van der Waals surface area (Å²) in [7, 11) is 0. The van der Waals surface area contributed by atoms with Crippen LogP contribution in [0.3, 0.4) is 0 Å². The topological polar surface area (TPSA) is 93.1 Å². The van der Waals surface area contributed by atoms with Crippen LogP contribution in [0.25, 0.3) is 0 Å². The Morgan fingerprint density at radius 2 is 1.32 bits per heavy atom. The monoisotopic (exact) mass is 482 g/mol. The summed E-state index contributed by atoms with van der Waals surface area (Å²) in [6.45, 7) is 10.2. The van der Waals surface area contributed by atoms with Crippen molar-refractivity contribution < 1.29 is 29.3 Å². The Hall–Kier alpha value is -1.14. The molecule has 0 bridgehead atoms. The maximum absolute atomic E-state index is 11.8. The number of hydrogen-bond acceptors (Lipinski definition) is 4.